The van der Waals surface area contributed by atoms with Gasteiger partial charge >= 0.3 is 5.97 Å². The van der Waals surface area contributed by atoms with Crippen molar-refractivity contribution in [3.63, 3.8) is 0 Å². The van der Waals surface area contributed by atoms with E-state index in [1.54, 1.807) is 31.2 Å². The topological polar surface area (TPSA) is 71.4 Å². The summed E-state index contributed by atoms with van der Waals surface area (Å²) in [5, 5.41) is 8.65. The van der Waals surface area contributed by atoms with Crippen molar-refractivity contribution in [3.8, 4) is 0 Å². The van der Waals surface area contributed by atoms with Crippen molar-refractivity contribution in [2.24, 2.45) is 5.92 Å². The summed E-state index contributed by atoms with van der Waals surface area (Å²) in [5.74, 6) is -1.91. The van der Waals surface area contributed by atoms with E-state index in [0.29, 0.717) is 10.5 Å². The molecule has 2 atom stereocenters. The molecule has 0 aliphatic rings. The summed E-state index contributed by atoms with van der Waals surface area (Å²) >= 11 is 0. The summed E-state index contributed by atoms with van der Waals surface area (Å²) in [5.41, 5.74) is 0.349. The molecule has 4 nitrogen and oxygen atoms in total. The van der Waals surface area contributed by atoms with Gasteiger partial charge in [0.05, 0.1) is 17.2 Å². The van der Waals surface area contributed by atoms with Gasteiger partial charge in [-0.3, -0.25) is 13.8 Å². The summed E-state index contributed by atoms with van der Waals surface area (Å²) in [4.78, 5) is 23.0. The average Bonchev–Trinajstić information content (AvgIpc) is 2.27. The Morgan fingerprint density at radius 1 is 1.35 bits per heavy atom. The highest BCUT2D eigenvalue weighted by Gasteiger charge is 2.21. The quantitative estimate of drug-likeness (QED) is 0.812. The van der Waals surface area contributed by atoms with Crippen molar-refractivity contribution in [1.82, 2.24) is 0 Å². The predicted octanol–water partition coefficient (Wildman–Crippen LogP) is 1.72. The Hall–Kier alpha value is -1.49. The van der Waals surface area contributed by atoms with Gasteiger partial charge in [-0.1, -0.05) is 25.1 Å². The Morgan fingerprint density at radius 3 is 2.47 bits per heavy atom. The highest BCUT2D eigenvalue weighted by atomic mass is 32.2. The number of ketones is 1. The number of hydrogen-bond acceptors (Lipinski definition) is 3. The van der Waals surface area contributed by atoms with Crippen molar-refractivity contribution in [2.45, 2.75) is 18.2 Å². The van der Waals surface area contributed by atoms with Crippen LogP contribution in [0.4, 0.5) is 0 Å². The molecule has 1 N–H and O–H groups in total. The van der Waals surface area contributed by atoms with E-state index in [9.17, 15) is 13.8 Å². The molecular formula is C12H14O4S. The van der Waals surface area contributed by atoms with E-state index >= 15 is 0 Å². The van der Waals surface area contributed by atoms with Crippen LogP contribution < -0.4 is 0 Å². The maximum absolute atomic E-state index is 12.0. The minimum Gasteiger partial charge on any atom is -0.481 e. The maximum Gasteiger partial charge on any atom is 0.304 e. The fourth-order valence-corrected chi connectivity index (χ4v) is 2.29. The van der Waals surface area contributed by atoms with Crippen LogP contribution in [0.1, 0.15) is 23.7 Å². The van der Waals surface area contributed by atoms with Crippen LogP contribution in [0.15, 0.2) is 29.2 Å². The Labute approximate surface area is 102 Å². The van der Waals surface area contributed by atoms with Crippen LogP contribution >= 0.6 is 0 Å². The van der Waals surface area contributed by atoms with E-state index < -0.39 is 22.7 Å². The van der Waals surface area contributed by atoms with Crippen molar-refractivity contribution >= 4 is 22.6 Å². The largest absolute Gasteiger partial charge is 0.481 e. The molecule has 0 saturated heterocycles. The van der Waals surface area contributed by atoms with Gasteiger partial charge in [-0.05, 0) is 6.07 Å². The molecule has 0 heterocycles. The first-order chi connectivity index (χ1) is 7.93. The van der Waals surface area contributed by atoms with Crippen LogP contribution in [0.3, 0.4) is 0 Å². The number of carboxylic acids is 1. The molecule has 0 bridgehead atoms. The van der Waals surface area contributed by atoms with Crippen LogP contribution in [0.5, 0.6) is 0 Å². The van der Waals surface area contributed by atoms with Gasteiger partial charge < -0.3 is 5.11 Å². The molecular weight excluding hydrogens is 240 g/mol. The number of rotatable bonds is 5. The first kappa shape index (κ1) is 13.6. The second-order valence-corrected chi connectivity index (χ2v) is 5.16. The lowest BCUT2D eigenvalue weighted by atomic mass is 9.96. The van der Waals surface area contributed by atoms with Crippen LogP contribution in [0.2, 0.25) is 0 Å². The lowest BCUT2D eigenvalue weighted by molar-refractivity contribution is -0.137. The molecule has 0 fully saturated rings. The predicted molar refractivity (Wildman–Crippen MR) is 64.5 cm³/mol. The molecule has 0 aromatic heterocycles. The third-order valence-electron chi connectivity index (χ3n) is 2.39. The number of carboxylic acid groups (broad SMARTS) is 1. The van der Waals surface area contributed by atoms with E-state index in [1.165, 1.54) is 6.26 Å². The highest BCUT2D eigenvalue weighted by molar-refractivity contribution is 7.84. The van der Waals surface area contributed by atoms with Crippen molar-refractivity contribution in [3.05, 3.63) is 29.8 Å². The third-order valence-corrected chi connectivity index (χ3v) is 3.37. The molecule has 2 unspecified atom stereocenters. The summed E-state index contributed by atoms with van der Waals surface area (Å²) in [7, 11) is -1.26. The molecule has 1 rings (SSSR count). The standard InChI is InChI=1S/C12H14O4S/c1-8(7-11(13)14)12(15)9-5-3-4-6-10(9)17(2)16/h3-6,8H,7H2,1-2H3,(H,13,14). The molecule has 0 radical (unpaired) electrons. The second kappa shape index (κ2) is 5.72. The molecule has 92 valence electrons. The zero-order valence-corrected chi connectivity index (χ0v) is 10.5. The lowest BCUT2D eigenvalue weighted by Gasteiger charge is -2.10. The van der Waals surface area contributed by atoms with Crippen LogP contribution in [-0.2, 0) is 15.6 Å². The van der Waals surface area contributed by atoms with E-state index in [2.05, 4.69) is 0 Å². The Balaban J connectivity index is 3.04. The van der Waals surface area contributed by atoms with E-state index in [0.717, 1.165) is 0 Å². The molecule has 17 heavy (non-hydrogen) atoms. The smallest absolute Gasteiger partial charge is 0.304 e. The molecule has 5 heteroatoms. The fraction of sp³-hybridized carbons (Fsp3) is 0.333. The molecule has 1 aromatic carbocycles. The Kier molecular flexibility index (Phi) is 4.57. The van der Waals surface area contributed by atoms with Gasteiger partial charge in [-0.15, -0.1) is 0 Å². The Bertz CT molecular complexity index is 467. The van der Waals surface area contributed by atoms with Gasteiger partial charge in [0.1, 0.15) is 0 Å². The number of carbonyl (C=O) groups is 2. The third kappa shape index (κ3) is 3.49. The minimum absolute atomic E-state index is 0.219. The first-order valence-electron chi connectivity index (χ1n) is 5.12. The van der Waals surface area contributed by atoms with Gasteiger partial charge in [0, 0.05) is 22.6 Å². The normalized spacial score (nSPS) is 14.0. The Morgan fingerprint density at radius 2 is 1.94 bits per heavy atom. The lowest BCUT2D eigenvalue weighted by Crippen LogP contribution is -2.17. The summed E-state index contributed by atoms with van der Waals surface area (Å²) in [6, 6.07) is 6.58. The molecule has 0 aliphatic carbocycles. The zero-order valence-electron chi connectivity index (χ0n) is 9.67. The number of carbonyl (C=O) groups excluding carboxylic acids is 1. The van der Waals surface area contributed by atoms with E-state index in [-0.39, 0.29) is 12.2 Å². The van der Waals surface area contributed by atoms with Gasteiger partial charge in [0.25, 0.3) is 0 Å². The van der Waals surface area contributed by atoms with Crippen molar-refractivity contribution in [1.29, 1.82) is 0 Å². The maximum atomic E-state index is 12.0. The number of Topliss-reactive ketones (excluding diaryl/α,β-unsaturated/α-hetero) is 1. The number of aliphatic carboxylic acids is 1. The summed E-state index contributed by atoms with van der Waals surface area (Å²) in [6.07, 6.45) is 1.28. The second-order valence-electron chi connectivity index (χ2n) is 3.81. The van der Waals surface area contributed by atoms with Gasteiger partial charge in [0.15, 0.2) is 5.78 Å². The highest BCUT2D eigenvalue weighted by Crippen LogP contribution is 2.18. The van der Waals surface area contributed by atoms with Crippen LogP contribution in [0, 0.1) is 5.92 Å². The SMILES string of the molecule is CC(CC(=O)O)C(=O)c1ccccc1S(C)=O. The van der Waals surface area contributed by atoms with E-state index in [1.807, 2.05) is 0 Å². The monoisotopic (exact) mass is 254 g/mol. The van der Waals surface area contributed by atoms with E-state index in [4.69, 9.17) is 5.11 Å². The fourth-order valence-electron chi connectivity index (χ4n) is 1.54. The summed E-state index contributed by atoms with van der Waals surface area (Å²) < 4.78 is 11.5. The van der Waals surface area contributed by atoms with Gasteiger partial charge in [0.2, 0.25) is 0 Å². The number of hydrogen-bond donors (Lipinski definition) is 1. The van der Waals surface area contributed by atoms with Crippen molar-refractivity contribution in [2.75, 3.05) is 6.26 Å². The van der Waals surface area contributed by atoms with Gasteiger partial charge in [-0.25, -0.2) is 0 Å². The summed E-state index contributed by atoms with van der Waals surface area (Å²) in [6.45, 7) is 1.56. The molecule has 0 saturated carbocycles. The number of benzene rings is 1. The molecule has 1 aromatic rings. The minimum atomic E-state index is -1.26. The first-order valence-corrected chi connectivity index (χ1v) is 6.67. The van der Waals surface area contributed by atoms with Crippen molar-refractivity contribution < 1.29 is 18.9 Å². The zero-order chi connectivity index (χ0) is 13.0. The molecule has 0 spiro atoms. The van der Waals surface area contributed by atoms with Crippen LogP contribution in [0.25, 0.3) is 0 Å². The molecule has 0 amide bonds. The van der Waals surface area contributed by atoms with Crippen LogP contribution in [-0.4, -0.2) is 27.3 Å². The molecule has 0 aliphatic heterocycles. The van der Waals surface area contributed by atoms with Gasteiger partial charge in [-0.2, -0.15) is 0 Å². The average molecular weight is 254 g/mol.